The summed E-state index contributed by atoms with van der Waals surface area (Å²) in [5.74, 6) is -0.0836. The molecular formula is C19H27ClN4O. The summed E-state index contributed by atoms with van der Waals surface area (Å²) in [4.78, 5) is 12.6. The van der Waals surface area contributed by atoms with E-state index in [1.807, 2.05) is 11.6 Å². The molecule has 1 amide bonds. The summed E-state index contributed by atoms with van der Waals surface area (Å²) in [6, 6.07) is 8.37. The zero-order valence-electron chi connectivity index (χ0n) is 14.9. The summed E-state index contributed by atoms with van der Waals surface area (Å²) in [5.41, 5.74) is 10.9. The minimum absolute atomic E-state index is 0. The van der Waals surface area contributed by atoms with Crippen molar-refractivity contribution in [2.45, 2.75) is 52.0 Å². The van der Waals surface area contributed by atoms with Gasteiger partial charge in [-0.15, -0.1) is 12.4 Å². The van der Waals surface area contributed by atoms with E-state index in [1.54, 1.807) is 0 Å². The van der Waals surface area contributed by atoms with Gasteiger partial charge in [0.05, 0.1) is 5.69 Å². The van der Waals surface area contributed by atoms with E-state index in [9.17, 15) is 4.79 Å². The van der Waals surface area contributed by atoms with Gasteiger partial charge in [0.2, 0.25) is 0 Å². The molecule has 1 aliphatic carbocycles. The number of amides is 1. The van der Waals surface area contributed by atoms with E-state index in [4.69, 9.17) is 5.73 Å². The number of fused-ring (bicyclic) bond motifs is 1. The minimum Gasteiger partial charge on any atom is -0.351 e. The molecule has 2 aromatic rings. The molecule has 0 spiro atoms. The molecule has 1 heterocycles. The Kier molecular flexibility index (Phi) is 6.62. The second kappa shape index (κ2) is 8.50. The van der Waals surface area contributed by atoms with E-state index in [0.29, 0.717) is 12.2 Å². The van der Waals surface area contributed by atoms with Gasteiger partial charge in [-0.2, -0.15) is 5.10 Å². The standard InChI is InChI=1S/C19H26N4O.ClH/c1-13-7-9-15(10-8-13)23-17-6-4-3-5-16(17)18(22-23)19(24)21-12-11-14(2)20;/h7-10,14H,3-6,11-12,20H2,1-2H3,(H,21,24);1H. The van der Waals surface area contributed by atoms with Crippen molar-refractivity contribution in [2.75, 3.05) is 6.54 Å². The van der Waals surface area contributed by atoms with Crippen LogP contribution in [0.3, 0.4) is 0 Å². The Morgan fingerprint density at radius 2 is 1.96 bits per heavy atom. The summed E-state index contributed by atoms with van der Waals surface area (Å²) in [6.07, 6.45) is 4.94. The van der Waals surface area contributed by atoms with Crippen LogP contribution in [0.15, 0.2) is 24.3 Å². The number of rotatable bonds is 5. The quantitative estimate of drug-likeness (QED) is 0.858. The molecule has 3 rings (SSSR count). The third-order valence-corrected chi connectivity index (χ3v) is 4.56. The van der Waals surface area contributed by atoms with Crippen LogP contribution in [0.1, 0.15) is 53.5 Å². The van der Waals surface area contributed by atoms with E-state index >= 15 is 0 Å². The average molecular weight is 363 g/mol. The van der Waals surface area contributed by atoms with Crippen molar-refractivity contribution >= 4 is 18.3 Å². The van der Waals surface area contributed by atoms with E-state index in [1.165, 1.54) is 11.3 Å². The summed E-state index contributed by atoms with van der Waals surface area (Å²) in [7, 11) is 0. The molecule has 1 aromatic heterocycles. The molecular weight excluding hydrogens is 336 g/mol. The fourth-order valence-corrected chi connectivity index (χ4v) is 3.18. The lowest BCUT2D eigenvalue weighted by atomic mass is 9.95. The highest BCUT2D eigenvalue weighted by molar-refractivity contribution is 5.94. The van der Waals surface area contributed by atoms with Gasteiger partial charge < -0.3 is 11.1 Å². The van der Waals surface area contributed by atoms with E-state index in [0.717, 1.165) is 43.4 Å². The molecule has 5 nitrogen and oxygen atoms in total. The SMILES string of the molecule is Cc1ccc(-n2nc(C(=O)NCCC(C)N)c3c2CCCC3)cc1.Cl. The first-order valence-electron chi connectivity index (χ1n) is 8.78. The van der Waals surface area contributed by atoms with Crippen molar-refractivity contribution in [1.29, 1.82) is 0 Å². The van der Waals surface area contributed by atoms with Crippen LogP contribution in [0.25, 0.3) is 5.69 Å². The molecule has 0 saturated heterocycles. The molecule has 0 saturated carbocycles. The number of benzene rings is 1. The fraction of sp³-hybridized carbons (Fsp3) is 0.474. The van der Waals surface area contributed by atoms with Crippen LogP contribution in [0, 0.1) is 6.92 Å². The molecule has 1 aromatic carbocycles. The van der Waals surface area contributed by atoms with E-state index in [2.05, 4.69) is 41.6 Å². The molecule has 6 heteroatoms. The molecule has 1 atom stereocenters. The van der Waals surface area contributed by atoms with Gasteiger partial charge in [-0.1, -0.05) is 17.7 Å². The monoisotopic (exact) mass is 362 g/mol. The molecule has 3 N–H and O–H groups in total. The zero-order valence-corrected chi connectivity index (χ0v) is 15.7. The van der Waals surface area contributed by atoms with Crippen LogP contribution in [-0.2, 0) is 12.8 Å². The van der Waals surface area contributed by atoms with Gasteiger partial charge >= 0.3 is 0 Å². The third-order valence-electron chi connectivity index (χ3n) is 4.56. The lowest BCUT2D eigenvalue weighted by molar-refractivity contribution is 0.0946. The van der Waals surface area contributed by atoms with Crippen LogP contribution in [0.4, 0.5) is 0 Å². The predicted octanol–water partition coefficient (Wildman–Crippen LogP) is 2.95. The Labute approximate surface area is 155 Å². The number of nitrogens with two attached hydrogens (primary N) is 1. The maximum absolute atomic E-state index is 12.6. The highest BCUT2D eigenvalue weighted by Crippen LogP contribution is 2.27. The van der Waals surface area contributed by atoms with Gasteiger partial charge in [-0.25, -0.2) is 4.68 Å². The van der Waals surface area contributed by atoms with Crippen molar-refractivity contribution in [1.82, 2.24) is 15.1 Å². The molecule has 0 radical (unpaired) electrons. The van der Waals surface area contributed by atoms with Gasteiger partial charge in [0.1, 0.15) is 0 Å². The largest absolute Gasteiger partial charge is 0.351 e. The Morgan fingerprint density at radius 1 is 1.28 bits per heavy atom. The molecule has 0 aliphatic heterocycles. The van der Waals surface area contributed by atoms with Crippen LogP contribution in [0.2, 0.25) is 0 Å². The maximum Gasteiger partial charge on any atom is 0.272 e. The smallest absolute Gasteiger partial charge is 0.272 e. The number of hydrogen-bond donors (Lipinski definition) is 2. The first-order valence-corrected chi connectivity index (χ1v) is 8.78. The summed E-state index contributed by atoms with van der Waals surface area (Å²) in [6.45, 7) is 4.60. The second-order valence-corrected chi connectivity index (χ2v) is 6.75. The lowest BCUT2D eigenvalue weighted by Gasteiger charge is -2.14. The van der Waals surface area contributed by atoms with Crippen molar-refractivity contribution in [2.24, 2.45) is 5.73 Å². The van der Waals surface area contributed by atoms with Crippen molar-refractivity contribution in [3.8, 4) is 5.69 Å². The highest BCUT2D eigenvalue weighted by atomic mass is 35.5. The Balaban J connectivity index is 0.00000225. The molecule has 25 heavy (non-hydrogen) atoms. The zero-order chi connectivity index (χ0) is 17.1. The Bertz CT molecular complexity index is 722. The Morgan fingerprint density at radius 3 is 2.64 bits per heavy atom. The first kappa shape index (κ1) is 19.5. The predicted molar refractivity (Wildman–Crippen MR) is 103 cm³/mol. The Hall–Kier alpha value is -1.85. The average Bonchev–Trinajstić information content (AvgIpc) is 2.95. The number of aromatic nitrogens is 2. The summed E-state index contributed by atoms with van der Waals surface area (Å²) in [5, 5.41) is 7.62. The number of carbonyl (C=O) groups excluding carboxylic acids is 1. The number of nitrogens with zero attached hydrogens (tertiary/aromatic N) is 2. The van der Waals surface area contributed by atoms with Crippen LogP contribution < -0.4 is 11.1 Å². The molecule has 0 bridgehead atoms. The minimum atomic E-state index is -0.0836. The second-order valence-electron chi connectivity index (χ2n) is 6.75. The maximum atomic E-state index is 12.6. The van der Waals surface area contributed by atoms with Crippen LogP contribution in [0.5, 0.6) is 0 Å². The summed E-state index contributed by atoms with van der Waals surface area (Å²) < 4.78 is 1.95. The number of carbonyl (C=O) groups is 1. The summed E-state index contributed by atoms with van der Waals surface area (Å²) >= 11 is 0. The molecule has 1 aliphatic rings. The number of nitrogens with one attached hydrogen (secondary N) is 1. The van der Waals surface area contributed by atoms with E-state index in [-0.39, 0.29) is 24.4 Å². The molecule has 136 valence electrons. The lowest BCUT2D eigenvalue weighted by Crippen LogP contribution is -2.30. The van der Waals surface area contributed by atoms with Crippen molar-refractivity contribution < 1.29 is 4.79 Å². The van der Waals surface area contributed by atoms with Crippen molar-refractivity contribution in [3.63, 3.8) is 0 Å². The third kappa shape index (κ3) is 4.41. The normalized spacial score (nSPS) is 14.4. The van der Waals surface area contributed by atoms with Crippen molar-refractivity contribution in [3.05, 3.63) is 46.8 Å². The number of hydrogen-bond acceptors (Lipinski definition) is 3. The topological polar surface area (TPSA) is 72.9 Å². The van der Waals surface area contributed by atoms with Gasteiger partial charge in [-0.3, -0.25) is 4.79 Å². The van der Waals surface area contributed by atoms with Crippen LogP contribution in [-0.4, -0.2) is 28.3 Å². The van der Waals surface area contributed by atoms with Gasteiger partial charge in [0, 0.05) is 23.8 Å². The molecule has 0 fully saturated rings. The fourth-order valence-electron chi connectivity index (χ4n) is 3.18. The first-order chi connectivity index (χ1) is 11.6. The van der Waals surface area contributed by atoms with Crippen LogP contribution >= 0.6 is 12.4 Å². The molecule has 1 unspecified atom stereocenters. The van der Waals surface area contributed by atoms with Gasteiger partial charge in [0.25, 0.3) is 5.91 Å². The number of halogens is 1. The highest BCUT2D eigenvalue weighted by Gasteiger charge is 2.25. The van der Waals surface area contributed by atoms with E-state index < -0.39 is 0 Å². The van der Waals surface area contributed by atoms with Gasteiger partial charge in [0.15, 0.2) is 5.69 Å². The van der Waals surface area contributed by atoms with Gasteiger partial charge in [-0.05, 0) is 58.1 Å². The number of aryl methyl sites for hydroxylation is 1.